The molecule has 9 nitrogen and oxygen atoms in total. The van der Waals surface area contributed by atoms with Crippen LogP contribution in [-0.2, 0) is 17.9 Å². The van der Waals surface area contributed by atoms with Crippen LogP contribution < -0.4 is 10.1 Å². The summed E-state index contributed by atoms with van der Waals surface area (Å²) in [6.45, 7) is 0.723. The third-order valence-electron chi connectivity index (χ3n) is 3.88. The van der Waals surface area contributed by atoms with E-state index in [0.29, 0.717) is 12.2 Å². The summed E-state index contributed by atoms with van der Waals surface area (Å²) in [6.07, 6.45) is 4.79. The number of amides is 1. The number of nitrogens with one attached hydrogen (secondary N) is 1. The lowest BCUT2D eigenvalue weighted by Crippen LogP contribution is -2.17. The minimum Gasteiger partial charge on any atom is -0.497 e. The van der Waals surface area contributed by atoms with E-state index >= 15 is 0 Å². The van der Waals surface area contributed by atoms with Crippen molar-refractivity contribution in [2.75, 3.05) is 12.4 Å². The van der Waals surface area contributed by atoms with Crippen LogP contribution in [0.15, 0.2) is 48.9 Å². The largest absolute Gasteiger partial charge is 0.497 e. The van der Waals surface area contributed by atoms with Crippen molar-refractivity contribution in [3.05, 3.63) is 60.2 Å². The molecule has 0 aliphatic rings. The van der Waals surface area contributed by atoms with Crippen LogP contribution in [0.5, 0.6) is 5.75 Å². The zero-order chi connectivity index (χ0) is 19.2. The number of carboxylic acid groups (broad SMARTS) is 1. The molecule has 0 bridgehead atoms. The second kappa shape index (κ2) is 8.17. The summed E-state index contributed by atoms with van der Waals surface area (Å²) in [7, 11) is 1.61. The van der Waals surface area contributed by atoms with Crippen molar-refractivity contribution in [1.82, 2.24) is 19.6 Å². The quantitative estimate of drug-likeness (QED) is 0.627. The molecule has 0 aliphatic heterocycles. The van der Waals surface area contributed by atoms with Crippen molar-refractivity contribution in [1.29, 1.82) is 0 Å². The van der Waals surface area contributed by atoms with Gasteiger partial charge in [-0.2, -0.15) is 10.2 Å². The third kappa shape index (κ3) is 4.72. The number of aromatic nitrogens is 4. The number of aromatic carboxylic acids is 1. The first kappa shape index (κ1) is 18.2. The number of hydrogen-bond acceptors (Lipinski definition) is 5. The molecular formula is C18H19N5O4. The van der Waals surface area contributed by atoms with E-state index in [1.807, 2.05) is 24.3 Å². The first-order valence-corrected chi connectivity index (χ1v) is 8.25. The number of carboxylic acids is 1. The van der Waals surface area contributed by atoms with Gasteiger partial charge in [0.25, 0.3) is 0 Å². The maximum Gasteiger partial charge on any atom is 0.354 e. The highest BCUT2D eigenvalue weighted by atomic mass is 16.5. The summed E-state index contributed by atoms with van der Waals surface area (Å²) in [6, 6.07) is 9.05. The molecule has 140 valence electrons. The monoisotopic (exact) mass is 369 g/mol. The molecule has 0 fully saturated rings. The van der Waals surface area contributed by atoms with Crippen LogP contribution in [0.1, 0.15) is 22.5 Å². The number of methoxy groups -OCH3 is 1. The van der Waals surface area contributed by atoms with Gasteiger partial charge < -0.3 is 15.2 Å². The molecule has 0 unspecified atom stereocenters. The second-order valence-electron chi connectivity index (χ2n) is 5.82. The number of aryl methyl sites for hydroxylation is 1. The van der Waals surface area contributed by atoms with Gasteiger partial charge in [-0.3, -0.25) is 14.2 Å². The summed E-state index contributed by atoms with van der Waals surface area (Å²) in [4.78, 5) is 23.1. The van der Waals surface area contributed by atoms with Crippen LogP contribution in [-0.4, -0.2) is 43.7 Å². The lowest BCUT2D eigenvalue weighted by Gasteiger charge is -2.05. The van der Waals surface area contributed by atoms with Crippen molar-refractivity contribution in [3.8, 4) is 5.75 Å². The Hall–Kier alpha value is -3.62. The lowest BCUT2D eigenvalue weighted by atomic mass is 10.2. The van der Waals surface area contributed by atoms with Gasteiger partial charge in [-0.05, 0) is 23.8 Å². The average Bonchev–Trinajstić information content (AvgIpc) is 3.29. The Morgan fingerprint density at radius 2 is 2.11 bits per heavy atom. The molecule has 0 aliphatic carbocycles. The number of carbonyl (C=O) groups is 2. The highest BCUT2D eigenvalue weighted by Crippen LogP contribution is 2.14. The molecule has 0 atom stereocenters. The van der Waals surface area contributed by atoms with Crippen LogP contribution in [0.2, 0.25) is 0 Å². The van der Waals surface area contributed by atoms with Gasteiger partial charge in [0.05, 0.1) is 32.1 Å². The molecule has 0 saturated heterocycles. The molecule has 2 N–H and O–H groups in total. The number of rotatable bonds is 8. The van der Waals surface area contributed by atoms with Crippen LogP contribution in [0.3, 0.4) is 0 Å². The first-order valence-electron chi connectivity index (χ1n) is 8.25. The smallest absolute Gasteiger partial charge is 0.354 e. The van der Waals surface area contributed by atoms with Crippen LogP contribution in [0, 0.1) is 0 Å². The molecule has 2 heterocycles. The van der Waals surface area contributed by atoms with Crippen molar-refractivity contribution < 1.29 is 19.4 Å². The van der Waals surface area contributed by atoms with E-state index in [0.717, 1.165) is 11.3 Å². The Balaban J connectivity index is 1.54. The number of benzene rings is 1. The minimum atomic E-state index is -1.08. The molecule has 1 aromatic carbocycles. The molecule has 9 heteroatoms. The average molecular weight is 369 g/mol. The standard InChI is InChI=1S/C18H19N5O4/c1-27-15-4-2-3-13(9-15)11-22-12-14(10-20-22)21-17(24)6-8-23-16(18(25)26)5-7-19-23/h2-5,7,9-10,12H,6,8,11H2,1H3,(H,21,24)(H,25,26). The van der Waals surface area contributed by atoms with Gasteiger partial charge in [0.1, 0.15) is 11.4 Å². The molecule has 3 aromatic rings. The van der Waals surface area contributed by atoms with Gasteiger partial charge in [-0.15, -0.1) is 0 Å². The fraction of sp³-hybridized carbons (Fsp3) is 0.222. The van der Waals surface area contributed by atoms with Crippen LogP contribution >= 0.6 is 0 Å². The van der Waals surface area contributed by atoms with Crippen LogP contribution in [0.4, 0.5) is 5.69 Å². The van der Waals surface area contributed by atoms with Crippen LogP contribution in [0.25, 0.3) is 0 Å². The molecule has 3 rings (SSSR count). The van der Waals surface area contributed by atoms with Crippen molar-refractivity contribution in [3.63, 3.8) is 0 Å². The Bertz CT molecular complexity index is 947. The first-order chi connectivity index (χ1) is 13.0. The zero-order valence-corrected chi connectivity index (χ0v) is 14.7. The topological polar surface area (TPSA) is 111 Å². The van der Waals surface area contributed by atoms with E-state index in [1.54, 1.807) is 24.2 Å². The predicted octanol–water partition coefficient (Wildman–Crippen LogP) is 1.86. The molecule has 27 heavy (non-hydrogen) atoms. The van der Waals surface area contributed by atoms with Gasteiger partial charge >= 0.3 is 5.97 Å². The second-order valence-corrected chi connectivity index (χ2v) is 5.82. The molecule has 0 saturated carbocycles. The van der Waals surface area contributed by atoms with E-state index in [4.69, 9.17) is 9.84 Å². The van der Waals surface area contributed by atoms with Gasteiger partial charge in [0.2, 0.25) is 5.91 Å². The number of nitrogens with zero attached hydrogens (tertiary/aromatic N) is 4. The minimum absolute atomic E-state index is 0.0499. The molecule has 1 amide bonds. The van der Waals surface area contributed by atoms with Crippen molar-refractivity contribution >= 4 is 17.6 Å². The molecule has 0 radical (unpaired) electrons. The highest BCUT2D eigenvalue weighted by Gasteiger charge is 2.12. The fourth-order valence-corrected chi connectivity index (χ4v) is 2.60. The van der Waals surface area contributed by atoms with E-state index in [1.165, 1.54) is 16.9 Å². The van der Waals surface area contributed by atoms with E-state index in [9.17, 15) is 9.59 Å². The highest BCUT2D eigenvalue weighted by molar-refractivity contribution is 5.90. The lowest BCUT2D eigenvalue weighted by molar-refractivity contribution is -0.116. The van der Waals surface area contributed by atoms with E-state index < -0.39 is 5.97 Å². The molecule has 0 spiro atoms. The molecular weight excluding hydrogens is 350 g/mol. The van der Waals surface area contributed by atoms with Gasteiger partial charge in [0.15, 0.2) is 0 Å². The number of ether oxygens (including phenoxy) is 1. The van der Waals surface area contributed by atoms with E-state index in [2.05, 4.69) is 15.5 Å². The molecule has 2 aromatic heterocycles. The Kier molecular flexibility index (Phi) is 5.50. The van der Waals surface area contributed by atoms with Crippen molar-refractivity contribution in [2.24, 2.45) is 0 Å². The maximum absolute atomic E-state index is 12.1. The Labute approximate surface area is 155 Å². The Morgan fingerprint density at radius 3 is 2.89 bits per heavy atom. The maximum atomic E-state index is 12.1. The SMILES string of the molecule is COc1cccc(Cn2cc(NC(=O)CCn3nccc3C(=O)O)cn2)c1. The third-order valence-corrected chi connectivity index (χ3v) is 3.88. The number of hydrogen-bond donors (Lipinski definition) is 2. The fourth-order valence-electron chi connectivity index (χ4n) is 2.60. The van der Waals surface area contributed by atoms with Gasteiger partial charge in [-0.25, -0.2) is 4.79 Å². The van der Waals surface area contributed by atoms with E-state index in [-0.39, 0.29) is 24.6 Å². The number of carbonyl (C=O) groups excluding carboxylic acids is 1. The zero-order valence-electron chi connectivity index (χ0n) is 14.7. The summed E-state index contributed by atoms with van der Waals surface area (Å²) >= 11 is 0. The Morgan fingerprint density at radius 1 is 1.26 bits per heavy atom. The van der Waals surface area contributed by atoms with Crippen molar-refractivity contribution in [2.45, 2.75) is 19.5 Å². The number of anilines is 1. The summed E-state index contributed by atoms with van der Waals surface area (Å²) in [5.74, 6) is -0.554. The predicted molar refractivity (Wildman–Crippen MR) is 96.8 cm³/mol. The van der Waals surface area contributed by atoms with Gasteiger partial charge in [0, 0.05) is 18.8 Å². The van der Waals surface area contributed by atoms with Gasteiger partial charge in [-0.1, -0.05) is 12.1 Å². The summed E-state index contributed by atoms with van der Waals surface area (Å²) in [5.41, 5.74) is 1.64. The summed E-state index contributed by atoms with van der Waals surface area (Å²) in [5, 5.41) is 19.9. The normalized spacial score (nSPS) is 10.6. The summed E-state index contributed by atoms with van der Waals surface area (Å²) < 4.78 is 8.20.